The van der Waals surface area contributed by atoms with E-state index >= 15 is 0 Å². The Labute approximate surface area is 168 Å². The van der Waals surface area contributed by atoms with Gasteiger partial charge in [-0.25, -0.2) is 16.8 Å². The SMILES string of the molecule is O=C(c1ccccc1S(=O)(=O)C(F)F)N1CCC(c2ccccc2)S(=O)(=O)CC1. The first-order chi connectivity index (χ1) is 13.6. The quantitative estimate of drug-likeness (QED) is 0.725. The van der Waals surface area contributed by atoms with Crippen LogP contribution >= 0.6 is 0 Å². The highest BCUT2D eigenvalue weighted by Gasteiger charge is 2.35. The molecule has 2 aromatic carbocycles. The number of rotatable bonds is 4. The third-order valence-corrected chi connectivity index (χ3v) is 8.42. The van der Waals surface area contributed by atoms with Crippen LogP contribution in [-0.4, -0.2) is 52.2 Å². The molecule has 1 amide bonds. The number of carbonyl (C=O) groups excluding carboxylic acids is 1. The van der Waals surface area contributed by atoms with Gasteiger partial charge in [-0.3, -0.25) is 4.79 Å². The number of halogens is 2. The molecule has 0 bridgehead atoms. The predicted octanol–water partition coefficient (Wildman–Crippen LogP) is 2.68. The Morgan fingerprint density at radius 1 is 1.00 bits per heavy atom. The Kier molecular flexibility index (Phi) is 6.04. The van der Waals surface area contributed by atoms with E-state index in [1.165, 1.54) is 17.0 Å². The minimum atomic E-state index is -4.98. The Hall–Kier alpha value is -2.33. The van der Waals surface area contributed by atoms with Crippen molar-refractivity contribution in [1.29, 1.82) is 0 Å². The van der Waals surface area contributed by atoms with Crippen molar-refractivity contribution in [1.82, 2.24) is 4.90 Å². The molecule has 1 saturated heterocycles. The smallest absolute Gasteiger partial charge is 0.338 e. The average Bonchev–Trinajstić information content (AvgIpc) is 2.86. The molecule has 1 heterocycles. The second kappa shape index (κ2) is 8.19. The number of alkyl halides is 2. The van der Waals surface area contributed by atoms with Crippen molar-refractivity contribution in [2.24, 2.45) is 0 Å². The highest BCUT2D eigenvalue weighted by Crippen LogP contribution is 2.30. The van der Waals surface area contributed by atoms with Crippen LogP contribution in [0.2, 0.25) is 0 Å². The van der Waals surface area contributed by atoms with Gasteiger partial charge >= 0.3 is 5.76 Å². The largest absolute Gasteiger partial charge is 0.341 e. The van der Waals surface area contributed by atoms with Gasteiger partial charge in [0.2, 0.25) is 9.84 Å². The van der Waals surface area contributed by atoms with Gasteiger partial charge < -0.3 is 4.90 Å². The zero-order valence-corrected chi connectivity index (χ0v) is 16.9. The highest BCUT2D eigenvalue weighted by molar-refractivity contribution is 7.92. The lowest BCUT2D eigenvalue weighted by Gasteiger charge is -2.21. The van der Waals surface area contributed by atoms with Crippen LogP contribution in [0.1, 0.15) is 27.6 Å². The molecule has 0 radical (unpaired) electrons. The number of benzene rings is 2. The van der Waals surface area contributed by atoms with Crippen LogP contribution in [0.5, 0.6) is 0 Å². The summed E-state index contributed by atoms with van der Waals surface area (Å²) in [5.74, 6) is -4.75. The number of carbonyl (C=O) groups is 1. The average molecular weight is 443 g/mol. The molecule has 29 heavy (non-hydrogen) atoms. The van der Waals surface area contributed by atoms with Gasteiger partial charge in [0, 0.05) is 13.1 Å². The molecule has 1 aliphatic rings. The minimum Gasteiger partial charge on any atom is -0.338 e. The Morgan fingerprint density at radius 2 is 1.62 bits per heavy atom. The summed E-state index contributed by atoms with van der Waals surface area (Å²) in [6.07, 6.45) is 0.127. The molecule has 0 spiro atoms. The van der Waals surface area contributed by atoms with Crippen LogP contribution in [0, 0.1) is 0 Å². The van der Waals surface area contributed by atoms with E-state index in [0.717, 1.165) is 12.1 Å². The lowest BCUT2D eigenvalue weighted by Crippen LogP contribution is -2.34. The van der Waals surface area contributed by atoms with Crippen LogP contribution in [0.15, 0.2) is 59.5 Å². The van der Waals surface area contributed by atoms with Crippen molar-refractivity contribution in [3.63, 3.8) is 0 Å². The molecule has 0 N–H and O–H groups in total. The standard InChI is InChI=1S/C19H19F2NO5S2/c20-19(21)29(26,27)17-9-5-4-8-15(17)18(23)22-11-10-16(28(24,25)13-12-22)14-6-2-1-3-7-14/h1-9,16,19H,10-13H2. The summed E-state index contributed by atoms with van der Waals surface area (Å²) in [6.45, 7) is -0.0890. The van der Waals surface area contributed by atoms with Crippen molar-refractivity contribution in [2.45, 2.75) is 22.3 Å². The normalized spacial score (nSPS) is 19.7. The van der Waals surface area contributed by atoms with Crippen LogP contribution in [0.4, 0.5) is 8.78 Å². The molecule has 1 unspecified atom stereocenters. The summed E-state index contributed by atoms with van der Waals surface area (Å²) < 4.78 is 75.2. The molecule has 0 aliphatic carbocycles. The van der Waals surface area contributed by atoms with Crippen molar-refractivity contribution in [3.8, 4) is 0 Å². The molecule has 1 fully saturated rings. The maximum absolute atomic E-state index is 13.0. The number of amides is 1. The summed E-state index contributed by atoms with van der Waals surface area (Å²) >= 11 is 0. The second-order valence-corrected chi connectivity index (χ2v) is 10.8. The summed E-state index contributed by atoms with van der Waals surface area (Å²) in [7, 11) is -8.52. The maximum Gasteiger partial charge on any atom is 0.341 e. The van der Waals surface area contributed by atoms with E-state index in [0.29, 0.717) is 5.56 Å². The molecule has 156 valence electrons. The van der Waals surface area contributed by atoms with E-state index < -0.39 is 41.5 Å². The van der Waals surface area contributed by atoms with Gasteiger partial charge in [0.25, 0.3) is 5.91 Å². The Bertz CT molecular complexity index is 1100. The molecule has 0 saturated carbocycles. The summed E-state index contributed by atoms with van der Waals surface area (Å²) in [4.78, 5) is 13.4. The van der Waals surface area contributed by atoms with E-state index in [9.17, 15) is 30.4 Å². The molecule has 6 nitrogen and oxygen atoms in total. The summed E-state index contributed by atoms with van der Waals surface area (Å²) in [5, 5.41) is -0.790. The van der Waals surface area contributed by atoms with Gasteiger partial charge in [-0.1, -0.05) is 42.5 Å². The van der Waals surface area contributed by atoms with E-state index in [-0.39, 0.29) is 30.8 Å². The van der Waals surface area contributed by atoms with Crippen LogP contribution in [-0.2, 0) is 19.7 Å². The molecule has 3 rings (SSSR count). The van der Waals surface area contributed by atoms with E-state index in [2.05, 4.69) is 0 Å². The van der Waals surface area contributed by atoms with Crippen molar-refractivity contribution in [3.05, 3.63) is 65.7 Å². The van der Waals surface area contributed by atoms with E-state index in [1.807, 2.05) is 0 Å². The number of sulfone groups is 2. The van der Waals surface area contributed by atoms with E-state index in [1.54, 1.807) is 30.3 Å². The van der Waals surface area contributed by atoms with Gasteiger partial charge in [-0.2, -0.15) is 8.78 Å². The van der Waals surface area contributed by atoms with Crippen LogP contribution < -0.4 is 0 Å². The lowest BCUT2D eigenvalue weighted by atomic mass is 10.1. The van der Waals surface area contributed by atoms with Crippen molar-refractivity contribution in [2.75, 3.05) is 18.8 Å². The first-order valence-electron chi connectivity index (χ1n) is 8.81. The van der Waals surface area contributed by atoms with Crippen LogP contribution in [0.25, 0.3) is 0 Å². The molecule has 2 aromatic rings. The zero-order valence-electron chi connectivity index (χ0n) is 15.2. The molecule has 10 heteroatoms. The predicted molar refractivity (Wildman–Crippen MR) is 103 cm³/mol. The minimum absolute atomic E-state index is 0.0562. The van der Waals surface area contributed by atoms with Crippen molar-refractivity contribution < 1.29 is 30.4 Å². The van der Waals surface area contributed by atoms with Gasteiger partial charge in [-0.05, 0) is 24.1 Å². The number of hydrogen-bond donors (Lipinski definition) is 0. The van der Waals surface area contributed by atoms with Gasteiger partial charge in [0.05, 0.1) is 21.5 Å². The molecular formula is C19H19F2NO5S2. The first-order valence-corrected chi connectivity index (χ1v) is 12.1. The zero-order chi connectivity index (χ0) is 21.2. The number of nitrogens with zero attached hydrogens (tertiary/aromatic N) is 1. The first kappa shape index (κ1) is 21.4. The fourth-order valence-electron chi connectivity index (χ4n) is 3.35. The molecule has 1 aliphatic heterocycles. The third-order valence-electron chi connectivity index (χ3n) is 4.86. The Balaban J connectivity index is 1.91. The number of hydrogen-bond acceptors (Lipinski definition) is 5. The van der Waals surface area contributed by atoms with Gasteiger partial charge in [0.1, 0.15) is 0 Å². The van der Waals surface area contributed by atoms with Gasteiger partial charge in [-0.15, -0.1) is 0 Å². The topological polar surface area (TPSA) is 88.6 Å². The summed E-state index contributed by atoms with van der Waals surface area (Å²) in [6, 6.07) is 13.4. The van der Waals surface area contributed by atoms with Crippen molar-refractivity contribution >= 4 is 25.6 Å². The second-order valence-electron chi connectivity index (χ2n) is 6.65. The lowest BCUT2D eigenvalue weighted by molar-refractivity contribution is 0.0762. The monoisotopic (exact) mass is 443 g/mol. The van der Waals surface area contributed by atoms with Gasteiger partial charge in [0.15, 0.2) is 9.84 Å². The molecule has 1 atom stereocenters. The van der Waals surface area contributed by atoms with Crippen LogP contribution in [0.3, 0.4) is 0 Å². The molecular weight excluding hydrogens is 424 g/mol. The summed E-state index contributed by atoms with van der Waals surface area (Å²) in [5.41, 5.74) is 0.228. The van der Waals surface area contributed by atoms with E-state index in [4.69, 9.17) is 0 Å². The highest BCUT2D eigenvalue weighted by atomic mass is 32.2. The molecule has 0 aromatic heterocycles. The maximum atomic E-state index is 13.0. The third kappa shape index (κ3) is 4.32. The fourth-order valence-corrected chi connectivity index (χ4v) is 6.06. The Morgan fingerprint density at radius 3 is 2.28 bits per heavy atom. The fraction of sp³-hybridized carbons (Fsp3) is 0.316.